The van der Waals surface area contributed by atoms with Gasteiger partial charge in [0.25, 0.3) is 0 Å². The topological polar surface area (TPSA) is 72.5 Å². The Kier molecular flexibility index (Phi) is 7.50. The molecule has 0 bridgehead atoms. The summed E-state index contributed by atoms with van der Waals surface area (Å²) in [6.07, 6.45) is 3.84. The Balaban J connectivity index is 2.25. The van der Waals surface area contributed by atoms with E-state index in [9.17, 15) is 14.4 Å². The van der Waals surface area contributed by atoms with Crippen molar-refractivity contribution in [1.29, 1.82) is 0 Å². The molecule has 1 heterocycles. The third-order valence-electron chi connectivity index (χ3n) is 4.43. The van der Waals surface area contributed by atoms with Gasteiger partial charge in [-0.25, -0.2) is 4.79 Å². The van der Waals surface area contributed by atoms with E-state index < -0.39 is 12.0 Å². The summed E-state index contributed by atoms with van der Waals surface area (Å²) in [4.78, 5) is 36.1. The molecule has 0 fully saturated rings. The molecule has 0 unspecified atom stereocenters. The number of amides is 1. The number of carbonyl (C=O) groups is 3. The van der Waals surface area contributed by atoms with Crippen LogP contribution >= 0.6 is 11.8 Å². The van der Waals surface area contributed by atoms with Gasteiger partial charge in [-0.3, -0.25) is 9.59 Å². The van der Waals surface area contributed by atoms with Crippen LogP contribution in [0.5, 0.6) is 0 Å². The number of rotatable bonds is 3. The van der Waals surface area contributed by atoms with Gasteiger partial charge in [-0.05, 0) is 36.8 Å². The number of thioether (sulfide) groups is 1. The minimum atomic E-state index is -0.622. The number of aryl methyl sites for hydroxylation is 1. The second-order valence-electron chi connectivity index (χ2n) is 6.30. The lowest BCUT2D eigenvalue weighted by atomic mass is 9.94. The van der Waals surface area contributed by atoms with Crippen LogP contribution in [0.15, 0.2) is 24.3 Å². The number of ether oxygens (including phenoxy) is 1. The minimum Gasteiger partial charge on any atom is -0.467 e. The van der Waals surface area contributed by atoms with Crippen LogP contribution in [-0.4, -0.2) is 35.9 Å². The smallest absolute Gasteiger partial charge is 0.328 e. The zero-order valence-corrected chi connectivity index (χ0v) is 15.6. The Morgan fingerprint density at radius 3 is 2.64 bits per heavy atom. The van der Waals surface area contributed by atoms with Crippen molar-refractivity contribution < 1.29 is 19.1 Å². The lowest BCUT2D eigenvalue weighted by Gasteiger charge is -2.21. The predicted molar refractivity (Wildman–Crippen MR) is 98.3 cm³/mol. The Morgan fingerprint density at radius 1 is 1.24 bits per heavy atom. The Morgan fingerprint density at radius 2 is 1.96 bits per heavy atom. The summed E-state index contributed by atoms with van der Waals surface area (Å²) in [7, 11) is 1.33. The maximum absolute atomic E-state index is 12.8. The molecule has 0 saturated heterocycles. The molecule has 25 heavy (non-hydrogen) atoms. The van der Waals surface area contributed by atoms with Gasteiger partial charge in [-0.2, -0.15) is 0 Å². The van der Waals surface area contributed by atoms with Crippen molar-refractivity contribution in [3.05, 3.63) is 35.4 Å². The fourth-order valence-corrected chi connectivity index (χ4v) is 3.76. The van der Waals surface area contributed by atoms with E-state index in [2.05, 4.69) is 11.4 Å². The van der Waals surface area contributed by atoms with Crippen molar-refractivity contribution in [3.63, 3.8) is 0 Å². The highest BCUT2D eigenvalue weighted by Crippen LogP contribution is 2.22. The van der Waals surface area contributed by atoms with Crippen LogP contribution in [0.2, 0.25) is 0 Å². The maximum atomic E-state index is 12.8. The van der Waals surface area contributed by atoms with Gasteiger partial charge in [-0.1, -0.05) is 42.4 Å². The molecule has 6 heteroatoms. The van der Waals surface area contributed by atoms with Crippen molar-refractivity contribution in [2.24, 2.45) is 5.92 Å². The molecular formula is C19H25NO4S. The fraction of sp³-hybridized carbons (Fsp3) is 0.526. The molecule has 2 atom stereocenters. The standard InChI is InChI=1S/C19H25NO4S/c1-13(21)25-12-16-11-15-9-4-3-7-14(15)8-5-6-10-17(19(23)24-2)20-18(16)22/h3-4,7,9,16-17H,5-6,8,10-12H2,1-2H3,(H,20,22)/t16-,17-/m0/s1. The second-order valence-corrected chi connectivity index (χ2v) is 7.50. The van der Waals surface area contributed by atoms with Gasteiger partial charge >= 0.3 is 5.97 Å². The molecule has 0 aromatic heterocycles. The molecule has 1 N–H and O–H groups in total. The number of fused-ring (bicyclic) bond motifs is 1. The number of methoxy groups -OCH3 is 1. The molecule has 0 aliphatic carbocycles. The largest absolute Gasteiger partial charge is 0.467 e. The van der Waals surface area contributed by atoms with Crippen LogP contribution in [0.1, 0.15) is 37.3 Å². The van der Waals surface area contributed by atoms with Crippen LogP contribution in [0, 0.1) is 5.92 Å². The molecule has 5 nitrogen and oxygen atoms in total. The Bertz CT molecular complexity index is 632. The molecule has 1 aromatic carbocycles. The van der Waals surface area contributed by atoms with Crippen molar-refractivity contribution in [2.45, 2.75) is 45.1 Å². The molecule has 1 aromatic rings. The molecule has 0 spiro atoms. The third-order valence-corrected chi connectivity index (χ3v) is 5.41. The minimum absolute atomic E-state index is 0.0140. The van der Waals surface area contributed by atoms with E-state index in [0.29, 0.717) is 18.6 Å². The van der Waals surface area contributed by atoms with E-state index in [1.54, 1.807) is 0 Å². The van der Waals surface area contributed by atoms with Gasteiger partial charge in [0.05, 0.1) is 13.0 Å². The lowest BCUT2D eigenvalue weighted by molar-refractivity contribution is -0.145. The van der Waals surface area contributed by atoms with Crippen LogP contribution < -0.4 is 5.32 Å². The Labute approximate surface area is 152 Å². The van der Waals surface area contributed by atoms with E-state index in [1.165, 1.54) is 19.6 Å². The highest BCUT2D eigenvalue weighted by molar-refractivity contribution is 8.13. The highest BCUT2D eigenvalue weighted by atomic mass is 32.2. The molecule has 0 radical (unpaired) electrons. The monoisotopic (exact) mass is 363 g/mol. The summed E-state index contributed by atoms with van der Waals surface area (Å²) in [5.74, 6) is -0.562. The Hall–Kier alpha value is -1.82. The fourth-order valence-electron chi connectivity index (χ4n) is 3.06. The maximum Gasteiger partial charge on any atom is 0.328 e. The van der Waals surface area contributed by atoms with Gasteiger partial charge in [0.1, 0.15) is 6.04 Å². The van der Waals surface area contributed by atoms with E-state index >= 15 is 0 Å². The van der Waals surface area contributed by atoms with Crippen molar-refractivity contribution >= 4 is 28.8 Å². The van der Waals surface area contributed by atoms with Gasteiger partial charge < -0.3 is 10.1 Å². The number of hydrogen-bond acceptors (Lipinski definition) is 5. The number of carbonyl (C=O) groups excluding carboxylic acids is 3. The first-order valence-electron chi connectivity index (χ1n) is 8.59. The average Bonchev–Trinajstić information content (AvgIpc) is 2.63. The molecule has 2 rings (SSSR count). The zero-order chi connectivity index (χ0) is 18.2. The number of esters is 1. The van der Waals surface area contributed by atoms with E-state index in [-0.39, 0.29) is 16.9 Å². The molecule has 0 saturated carbocycles. The highest BCUT2D eigenvalue weighted by Gasteiger charge is 2.27. The van der Waals surface area contributed by atoms with Crippen LogP contribution in [0.4, 0.5) is 0 Å². The summed E-state index contributed by atoms with van der Waals surface area (Å²) < 4.78 is 4.82. The van der Waals surface area contributed by atoms with Crippen molar-refractivity contribution in [3.8, 4) is 0 Å². The average molecular weight is 363 g/mol. The quantitative estimate of drug-likeness (QED) is 0.836. The SMILES string of the molecule is COC(=O)[C@@H]1CCCCc2ccccc2C[C@@H](CSC(C)=O)C(=O)N1. The van der Waals surface area contributed by atoms with Crippen LogP contribution in [0.3, 0.4) is 0 Å². The summed E-state index contributed by atoms with van der Waals surface area (Å²) in [5, 5.41) is 2.82. The summed E-state index contributed by atoms with van der Waals surface area (Å²) in [5.41, 5.74) is 2.38. The summed E-state index contributed by atoms with van der Waals surface area (Å²) in [6, 6.07) is 7.50. The van der Waals surface area contributed by atoms with E-state index in [1.807, 2.05) is 18.2 Å². The van der Waals surface area contributed by atoms with E-state index in [0.717, 1.165) is 36.6 Å². The summed E-state index contributed by atoms with van der Waals surface area (Å²) >= 11 is 1.15. The van der Waals surface area contributed by atoms with Gasteiger partial charge in [0.15, 0.2) is 5.12 Å². The van der Waals surface area contributed by atoms with Crippen LogP contribution in [-0.2, 0) is 32.0 Å². The van der Waals surface area contributed by atoms with Crippen molar-refractivity contribution in [2.75, 3.05) is 12.9 Å². The molecule has 1 aliphatic heterocycles. The molecule has 136 valence electrons. The van der Waals surface area contributed by atoms with Gasteiger partial charge in [0, 0.05) is 12.7 Å². The zero-order valence-electron chi connectivity index (χ0n) is 14.7. The lowest BCUT2D eigenvalue weighted by Crippen LogP contribution is -2.45. The molecular weight excluding hydrogens is 338 g/mol. The summed E-state index contributed by atoms with van der Waals surface area (Å²) in [6.45, 7) is 1.50. The molecule has 1 amide bonds. The first-order valence-corrected chi connectivity index (χ1v) is 9.58. The first kappa shape index (κ1) is 19.5. The van der Waals surface area contributed by atoms with Crippen LogP contribution in [0.25, 0.3) is 0 Å². The van der Waals surface area contributed by atoms with Gasteiger partial charge in [-0.15, -0.1) is 0 Å². The normalized spacial score (nSPS) is 21.4. The first-order chi connectivity index (χ1) is 12.0. The molecule has 1 aliphatic rings. The third kappa shape index (κ3) is 5.88. The van der Waals surface area contributed by atoms with Gasteiger partial charge in [0.2, 0.25) is 5.91 Å². The van der Waals surface area contributed by atoms with E-state index in [4.69, 9.17) is 4.74 Å². The number of hydrogen-bond donors (Lipinski definition) is 1. The number of nitrogens with one attached hydrogen (secondary N) is 1. The number of benzene rings is 1. The second kappa shape index (κ2) is 9.61. The predicted octanol–water partition coefficient (Wildman–Crippen LogP) is 2.51. The van der Waals surface area contributed by atoms with Crippen molar-refractivity contribution in [1.82, 2.24) is 5.32 Å².